The van der Waals surface area contributed by atoms with E-state index in [9.17, 15) is 0 Å². The van der Waals surface area contributed by atoms with Crippen LogP contribution in [0.2, 0.25) is 0 Å². The van der Waals surface area contributed by atoms with E-state index < -0.39 is 0 Å². The fourth-order valence-corrected chi connectivity index (χ4v) is 4.85. The van der Waals surface area contributed by atoms with Crippen molar-refractivity contribution in [3.63, 3.8) is 0 Å². The maximum atomic E-state index is 6.08. The molecule has 6 nitrogen and oxygen atoms in total. The minimum Gasteiger partial charge on any atom is -0.473 e. The molecule has 8 heteroatoms. The highest BCUT2D eigenvalue weighted by Crippen LogP contribution is 2.30. The smallest absolute Gasteiger partial charge is 0.232 e. The molecule has 0 N–H and O–H groups in total. The second-order valence-corrected chi connectivity index (χ2v) is 8.31. The Morgan fingerprint density at radius 1 is 1.08 bits per heavy atom. The van der Waals surface area contributed by atoms with Crippen LogP contribution < -0.4 is 4.74 Å². The van der Waals surface area contributed by atoms with Crippen molar-refractivity contribution in [2.75, 3.05) is 0 Å². The first-order valence-electron chi connectivity index (χ1n) is 8.75. The van der Waals surface area contributed by atoms with Gasteiger partial charge in [0.05, 0.1) is 15.7 Å². The Morgan fingerprint density at radius 2 is 2.00 bits per heavy atom. The van der Waals surface area contributed by atoms with E-state index in [1.165, 1.54) is 19.3 Å². The quantitative estimate of drug-likeness (QED) is 0.513. The van der Waals surface area contributed by atoms with Crippen LogP contribution in [0.1, 0.15) is 32.1 Å². The molecule has 0 amide bonds. The standard InChI is InChI=1S/C18H17N5OS2/c1-2-4-12(5-3-1)24-17-9-8-16-20-21-18(23(16)22-17)26-13-6-7-14-15(10-13)25-11-19-14/h6-12H,1-5H2. The van der Waals surface area contributed by atoms with Gasteiger partial charge in [0.25, 0.3) is 0 Å². The highest BCUT2D eigenvalue weighted by atomic mass is 32.2. The molecule has 5 rings (SSSR count). The predicted octanol–water partition coefficient (Wildman–Crippen LogP) is 4.60. The van der Waals surface area contributed by atoms with Crippen LogP contribution in [0.4, 0.5) is 0 Å². The summed E-state index contributed by atoms with van der Waals surface area (Å²) in [6, 6.07) is 10.0. The van der Waals surface area contributed by atoms with E-state index in [1.54, 1.807) is 27.6 Å². The van der Waals surface area contributed by atoms with Crippen molar-refractivity contribution in [1.29, 1.82) is 0 Å². The van der Waals surface area contributed by atoms with Crippen molar-refractivity contribution in [3.05, 3.63) is 35.8 Å². The van der Waals surface area contributed by atoms with Crippen molar-refractivity contribution >= 4 is 39.0 Å². The molecule has 1 aliphatic rings. The number of aromatic nitrogens is 5. The van der Waals surface area contributed by atoms with Gasteiger partial charge in [-0.3, -0.25) is 0 Å². The minimum absolute atomic E-state index is 0.273. The van der Waals surface area contributed by atoms with E-state index in [1.807, 2.05) is 23.7 Å². The number of rotatable bonds is 4. The Morgan fingerprint density at radius 3 is 2.92 bits per heavy atom. The topological polar surface area (TPSA) is 65.2 Å². The summed E-state index contributed by atoms with van der Waals surface area (Å²) in [5.41, 5.74) is 3.61. The number of thiazole rings is 1. The predicted molar refractivity (Wildman–Crippen MR) is 102 cm³/mol. The second-order valence-electron chi connectivity index (χ2n) is 6.39. The third-order valence-corrected chi connectivity index (χ3v) is 6.28. The van der Waals surface area contributed by atoms with E-state index in [0.717, 1.165) is 38.8 Å². The van der Waals surface area contributed by atoms with Crippen LogP contribution >= 0.6 is 23.1 Å². The zero-order valence-corrected chi connectivity index (χ0v) is 15.7. The minimum atomic E-state index is 0.273. The lowest BCUT2D eigenvalue weighted by Crippen LogP contribution is -2.20. The summed E-state index contributed by atoms with van der Waals surface area (Å²) in [6.45, 7) is 0. The molecule has 3 heterocycles. The van der Waals surface area contributed by atoms with Crippen LogP contribution in [-0.4, -0.2) is 30.9 Å². The summed E-state index contributed by atoms with van der Waals surface area (Å²) >= 11 is 3.18. The Balaban J connectivity index is 1.42. The van der Waals surface area contributed by atoms with Gasteiger partial charge in [0.2, 0.25) is 11.0 Å². The summed E-state index contributed by atoms with van der Waals surface area (Å²) in [5.74, 6) is 0.643. The molecule has 0 atom stereocenters. The summed E-state index contributed by atoms with van der Waals surface area (Å²) in [4.78, 5) is 5.41. The Bertz CT molecular complexity index is 1050. The molecule has 1 aromatic carbocycles. The summed E-state index contributed by atoms with van der Waals surface area (Å²) in [7, 11) is 0. The zero-order valence-electron chi connectivity index (χ0n) is 14.0. The number of hydrogen-bond acceptors (Lipinski definition) is 7. The third kappa shape index (κ3) is 3.14. The normalized spacial score (nSPS) is 15.7. The fraction of sp³-hybridized carbons (Fsp3) is 0.333. The highest BCUT2D eigenvalue weighted by molar-refractivity contribution is 7.99. The molecular formula is C18H17N5OS2. The van der Waals surface area contributed by atoms with Gasteiger partial charge in [-0.05, 0) is 61.7 Å². The molecule has 26 heavy (non-hydrogen) atoms. The molecule has 0 spiro atoms. The molecule has 4 aromatic rings. The third-order valence-electron chi connectivity index (χ3n) is 4.56. The van der Waals surface area contributed by atoms with Crippen LogP contribution in [0, 0.1) is 0 Å². The first-order valence-corrected chi connectivity index (χ1v) is 10.4. The number of hydrogen-bond donors (Lipinski definition) is 0. The van der Waals surface area contributed by atoms with Crippen LogP contribution in [0.25, 0.3) is 15.9 Å². The first-order chi connectivity index (χ1) is 12.8. The van der Waals surface area contributed by atoms with Crippen molar-refractivity contribution in [1.82, 2.24) is 24.8 Å². The van der Waals surface area contributed by atoms with Gasteiger partial charge in [0, 0.05) is 11.0 Å². The maximum Gasteiger partial charge on any atom is 0.232 e. The SMILES string of the molecule is c1nc2ccc(Sc3nnc4ccc(OC5CCCCC5)nn34)cc2s1. The van der Waals surface area contributed by atoms with Crippen molar-refractivity contribution in [3.8, 4) is 5.88 Å². The molecule has 0 unspecified atom stereocenters. The van der Waals surface area contributed by atoms with E-state index in [-0.39, 0.29) is 6.10 Å². The van der Waals surface area contributed by atoms with Gasteiger partial charge >= 0.3 is 0 Å². The van der Waals surface area contributed by atoms with Gasteiger partial charge in [-0.1, -0.05) is 6.42 Å². The number of ether oxygens (including phenoxy) is 1. The number of nitrogens with zero attached hydrogens (tertiary/aromatic N) is 5. The Labute approximate surface area is 158 Å². The van der Waals surface area contributed by atoms with Crippen molar-refractivity contribution in [2.45, 2.75) is 48.3 Å². The molecule has 0 radical (unpaired) electrons. The van der Waals surface area contributed by atoms with Crippen LogP contribution in [0.3, 0.4) is 0 Å². The molecule has 3 aromatic heterocycles. The van der Waals surface area contributed by atoms with E-state index in [4.69, 9.17) is 4.74 Å². The lowest BCUT2D eigenvalue weighted by molar-refractivity contribution is 0.146. The summed E-state index contributed by atoms with van der Waals surface area (Å²) in [5, 5.41) is 13.9. The van der Waals surface area contributed by atoms with Gasteiger partial charge in [0.1, 0.15) is 6.10 Å². The molecule has 1 saturated carbocycles. The van der Waals surface area contributed by atoms with E-state index in [0.29, 0.717) is 5.88 Å². The molecule has 0 bridgehead atoms. The first kappa shape index (κ1) is 16.0. The molecule has 1 fully saturated rings. The van der Waals surface area contributed by atoms with Crippen LogP contribution in [-0.2, 0) is 0 Å². The monoisotopic (exact) mass is 383 g/mol. The van der Waals surface area contributed by atoms with E-state index in [2.05, 4.69) is 32.4 Å². The second kappa shape index (κ2) is 6.85. The van der Waals surface area contributed by atoms with Gasteiger partial charge in [-0.2, -0.15) is 4.52 Å². The average Bonchev–Trinajstić information content (AvgIpc) is 3.29. The Kier molecular flexibility index (Phi) is 4.22. The molecular weight excluding hydrogens is 366 g/mol. The summed E-state index contributed by atoms with van der Waals surface area (Å²) in [6.07, 6.45) is 6.27. The maximum absolute atomic E-state index is 6.08. The number of benzene rings is 1. The largest absolute Gasteiger partial charge is 0.473 e. The van der Waals surface area contributed by atoms with Gasteiger partial charge in [0.15, 0.2) is 5.65 Å². The molecule has 0 saturated heterocycles. The van der Waals surface area contributed by atoms with Gasteiger partial charge in [-0.25, -0.2) is 4.98 Å². The fourth-order valence-electron chi connectivity index (χ4n) is 3.24. The van der Waals surface area contributed by atoms with E-state index >= 15 is 0 Å². The van der Waals surface area contributed by atoms with Crippen LogP contribution in [0.5, 0.6) is 5.88 Å². The van der Waals surface area contributed by atoms with Crippen LogP contribution in [0.15, 0.2) is 45.9 Å². The van der Waals surface area contributed by atoms with Gasteiger partial charge < -0.3 is 4.74 Å². The molecule has 1 aliphatic carbocycles. The lowest BCUT2D eigenvalue weighted by Gasteiger charge is -2.22. The summed E-state index contributed by atoms with van der Waals surface area (Å²) < 4.78 is 9.01. The lowest BCUT2D eigenvalue weighted by atomic mass is 9.98. The molecule has 132 valence electrons. The number of fused-ring (bicyclic) bond motifs is 2. The highest BCUT2D eigenvalue weighted by Gasteiger charge is 2.17. The van der Waals surface area contributed by atoms with Crippen molar-refractivity contribution in [2.24, 2.45) is 0 Å². The average molecular weight is 384 g/mol. The molecule has 0 aliphatic heterocycles. The zero-order chi connectivity index (χ0) is 17.3. The van der Waals surface area contributed by atoms with Gasteiger partial charge in [-0.15, -0.1) is 26.6 Å². The Hall–Kier alpha value is -2.19. The van der Waals surface area contributed by atoms with Crippen molar-refractivity contribution < 1.29 is 4.74 Å².